The van der Waals surface area contributed by atoms with E-state index in [0.717, 1.165) is 49.2 Å². The molecule has 3 rings (SSSR count). The molecule has 0 bridgehead atoms. The third-order valence-corrected chi connectivity index (χ3v) is 5.99. The number of para-hydroxylation sites is 2. The average Bonchev–Trinajstić information content (AvgIpc) is 3.37. The largest absolute Gasteiger partial charge is 0.495 e. The van der Waals surface area contributed by atoms with Crippen molar-refractivity contribution in [3.63, 3.8) is 0 Å². The predicted octanol–water partition coefficient (Wildman–Crippen LogP) is 3.52. The number of methoxy groups -OCH3 is 1. The van der Waals surface area contributed by atoms with E-state index < -0.39 is 0 Å². The number of nitrogens with zero attached hydrogens (tertiary/aromatic N) is 3. The number of ether oxygens (including phenoxy) is 1. The third-order valence-electron chi connectivity index (χ3n) is 4.85. The molecular weight excluding hydrogens is 485 g/mol. The van der Waals surface area contributed by atoms with Gasteiger partial charge in [0.1, 0.15) is 10.8 Å². The van der Waals surface area contributed by atoms with E-state index in [9.17, 15) is 0 Å². The van der Waals surface area contributed by atoms with Gasteiger partial charge >= 0.3 is 0 Å². The first kappa shape index (κ1) is 22.7. The topological polar surface area (TPSA) is 61.8 Å². The van der Waals surface area contributed by atoms with E-state index in [0.29, 0.717) is 12.5 Å². The van der Waals surface area contributed by atoms with Crippen molar-refractivity contribution in [1.82, 2.24) is 15.6 Å². The number of halogens is 1. The van der Waals surface area contributed by atoms with Gasteiger partial charge in [-0.3, -0.25) is 4.99 Å². The standard InChI is InChI=1S/C20H29N5OS.HI/c1-4-16-12-22-19(27-16)13-24-20(21-2)23-11-15-9-10-25(14-15)17-7-5-6-8-18(17)26-3;/h5-8,12,15H,4,9-11,13-14H2,1-3H3,(H2,21,23,24);1H. The maximum absolute atomic E-state index is 5.50. The van der Waals surface area contributed by atoms with Crippen LogP contribution < -0.4 is 20.3 Å². The van der Waals surface area contributed by atoms with Crippen molar-refractivity contribution in [3.8, 4) is 5.75 Å². The van der Waals surface area contributed by atoms with E-state index >= 15 is 0 Å². The van der Waals surface area contributed by atoms with E-state index in [4.69, 9.17) is 4.74 Å². The van der Waals surface area contributed by atoms with Crippen LogP contribution in [-0.2, 0) is 13.0 Å². The van der Waals surface area contributed by atoms with E-state index in [1.165, 1.54) is 10.6 Å². The summed E-state index contributed by atoms with van der Waals surface area (Å²) in [6.07, 6.45) is 4.16. The van der Waals surface area contributed by atoms with Gasteiger partial charge in [-0.2, -0.15) is 0 Å². The summed E-state index contributed by atoms with van der Waals surface area (Å²) in [5.41, 5.74) is 1.18. The highest BCUT2D eigenvalue weighted by molar-refractivity contribution is 14.0. The Morgan fingerprint density at radius 1 is 1.36 bits per heavy atom. The van der Waals surface area contributed by atoms with E-state index in [2.05, 4.69) is 44.6 Å². The Bertz CT molecular complexity index is 767. The maximum Gasteiger partial charge on any atom is 0.191 e. The lowest BCUT2D eigenvalue weighted by Gasteiger charge is -2.21. The molecule has 0 saturated carbocycles. The summed E-state index contributed by atoms with van der Waals surface area (Å²) in [7, 11) is 3.54. The van der Waals surface area contributed by atoms with Crippen LogP contribution in [0.25, 0.3) is 0 Å². The number of benzene rings is 1. The molecule has 1 atom stereocenters. The van der Waals surface area contributed by atoms with Crippen molar-refractivity contribution >= 4 is 47.0 Å². The van der Waals surface area contributed by atoms with Crippen LogP contribution in [0.1, 0.15) is 23.2 Å². The average molecular weight is 515 g/mol. The Balaban J connectivity index is 0.00000280. The number of aryl methyl sites for hydroxylation is 1. The quantitative estimate of drug-likeness (QED) is 0.336. The van der Waals surface area contributed by atoms with Crippen molar-refractivity contribution in [1.29, 1.82) is 0 Å². The van der Waals surface area contributed by atoms with Gasteiger partial charge in [0.15, 0.2) is 5.96 Å². The fraction of sp³-hybridized carbons (Fsp3) is 0.500. The number of anilines is 1. The maximum atomic E-state index is 5.50. The van der Waals surface area contributed by atoms with Gasteiger partial charge in [0.25, 0.3) is 0 Å². The molecule has 2 heterocycles. The minimum atomic E-state index is 0. The first-order valence-electron chi connectivity index (χ1n) is 9.49. The van der Waals surface area contributed by atoms with E-state index in [-0.39, 0.29) is 24.0 Å². The molecule has 2 aromatic rings. The highest BCUT2D eigenvalue weighted by atomic mass is 127. The van der Waals surface area contributed by atoms with Gasteiger partial charge in [0, 0.05) is 37.8 Å². The summed E-state index contributed by atoms with van der Waals surface area (Å²) in [5.74, 6) is 2.36. The summed E-state index contributed by atoms with van der Waals surface area (Å²) in [6.45, 7) is 5.85. The van der Waals surface area contributed by atoms with Crippen LogP contribution in [0.3, 0.4) is 0 Å². The monoisotopic (exact) mass is 515 g/mol. The molecule has 0 amide bonds. The molecule has 1 aromatic carbocycles. The van der Waals surface area contributed by atoms with Crippen LogP contribution >= 0.6 is 35.3 Å². The van der Waals surface area contributed by atoms with E-state index in [1.807, 2.05) is 25.4 Å². The van der Waals surface area contributed by atoms with Crippen LogP contribution in [0, 0.1) is 5.92 Å². The SMILES string of the molecule is CCc1cnc(CNC(=NC)NCC2CCN(c3ccccc3OC)C2)s1.I. The van der Waals surface area contributed by atoms with Gasteiger partial charge in [0.05, 0.1) is 19.3 Å². The molecule has 2 N–H and O–H groups in total. The van der Waals surface area contributed by atoms with Crippen LogP contribution in [0.5, 0.6) is 5.75 Å². The molecule has 1 fully saturated rings. The smallest absolute Gasteiger partial charge is 0.191 e. The molecular formula is C20H30IN5OS. The van der Waals surface area contributed by atoms with Gasteiger partial charge in [0.2, 0.25) is 0 Å². The Morgan fingerprint density at radius 2 is 2.18 bits per heavy atom. The van der Waals surface area contributed by atoms with Gasteiger partial charge < -0.3 is 20.3 Å². The summed E-state index contributed by atoms with van der Waals surface area (Å²) in [6, 6.07) is 8.24. The number of thiazole rings is 1. The van der Waals surface area contributed by atoms with Crippen LogP contribution in [-0.4, -0.2) is 44.7 Å². The summed E-state index contributed by atoms with van der Waals surface area (Å²) < 4.78 is 5.50. The molecule has 154 valence electrons. The van der Waals surface area contributed by atoms with Crippen molar-refractivity contribution < 1.29 is 4.74 Å². The highest BCUT2D eigenvalue weighted by Crippen LogP contribution is 2.31. The third kappa shape index (κ3) is 5.97. The molecule has 0 radical (unpaired) electrons. The summed E-state index contributed by atoms with van der Waals surface area (Å²) in [5, 5.41) is 7.92. The number of guanidine groups is 1. The molecule has 28 heavy (non-hydrogen) atoms. The minimum absolute atomic E-state index is 0. The second-order valence-electron chi connectivity index (χ2n) is 6.65. The van der Waals surface area contributed by atoms with Crippen LogP contribution in [0.15, 0.2) is 35.5 Å². The van der Waals surface area contributed by atoms with Gasteiger partial charge in [-0.15, -0.1) is 35.3 Å². The lowest BCUT2D eigenvalue weighted by Crippen LogP contribution is -2.39. The Hall–Kier alpha value is -1.55. The highest BCUT2D eigenvalue weighted by Gasteiger charge is 2.24. The van der Waals surface area contributed by atoms with Gasteiger partial charge in [-0.1, -0.05) is 19.1 Å². The molecule has 1 aliphatic heterocycles. The molecule has 8 heteroatoms. The van der Waals surface area contributed by atoms with Crippen LogP contribution in [0.2, 0.25) is 0 Å². The van der Waals surface area contributed by atoms with Crippen LogP contribution in [0.4, 0.5) is 5.69 Å². The Kier molecular flexibility index (Phi) is 9.30. The minimum Gasteiger partial charge on any atom is -0.495 e. The second kappa shape index (κ2) is 11.5. The molecule has 1 unspecified atom stereocenters. The first-order valence-corrected chi connectivity index (χ1v) is 10.3. The molecule has 1 aliphatic rings. The molecule has 1 aromatic heterocycles. The number of nitrogens with one attached hydrogen (secondary N) is 2. The number of aliphatic imine (C=N–C) groups is 1. The lowest BCUT2D eigenvalue weighted by atomic mass is 10.1. The number of rotatable bonds is 7. The number of hydrogen-bond acceptors (Lipinski definition) is 5. The normalized spacial score (nSPS) is 16.6. The Labute approximate surface area is 188 Å². The fourth-order valence-electron chi connectivity index (χ4n) is 3.32. The lowest BCUT2D eigenvalue weighted by molar-refractivity contribution is 0.414. The molecule has 1 saturated heterocycles. The molecule has 0 spiro atoms. The van der Waals surface area contributed by atoms with Gasteiger partial charge in [-0.05, 0) is 30.9 Å². The number of aromatic nitrogens is 1. The second-order valence-corrected chi connectivity index (χ2v) is 7.85. The predicted molar refractivity (Wildman–Crippen MR) is 128 cm³/mol. The van der Waals surface area contributed by atoms with E-state index in [1.54, 1.807) is 18.4 Å². The molecule has 6 nitrogen and oxygen atoms in total. The van der Waals surface area contributed by atoms with Gasteiger partial charge in [-0.25, -0.2) is 4.98 Å². The van der Waals surface area contributed by atoms with Crippen molar-refractivity contribution in [2.24, 2.45) is 10.9 Å². The van der Waals surface area contributed by atoms with Crippen molar-refractivity contribution in [2.45, 2.75) is 26.3 Å². The van der Waals surface area contributed by atoms with Crippen molar-refractivity contribution in [2.75, 3.05) is 38.7 Å². The zero-order valence-corrected chi connectivity index (χ0v) is 19.9. The Morgan fingerprint density at radius 3 is 2.89 bits per heavy atom. The zero-order valence-electron chi connectivity index (χ0n) is 16.8. The molecule has 0 aliphatic carbocycles. The summed E-state index contributed by atoms with van der Waals surface area (Å²) in [4.78, 5) is 12.5. The summed E-state index contributed by atoms with van der Waals surface area (Å²) >= 11 is 1.76. The zero-order chi connectivity index (χ0) is 19.1. The first-order chi connectivity index (χ1) is 13.2. The van der Waals surface area contributed by atoms with Crippen molar-refractivity contribution in [3.05, 3.63) is 40.3 Å². The number of hydrogen-bond donors (Lipinski definition) is 2. The fourth-order valence-corrected chi connectivity index (χ4v) is 4.13.